The molecule has 0 saturated carbocycles. The number of carbonyl (C=O) groups excluding carboxylic acids is 2. The first-order chi connectivity index (χ1) is 16.9. The first-order valence-electron chi connectivity index (χ1n) is 11.8. The molecule has 0 bridgehead atoms. The molecule has 2 amide bonds. The van der Waals surface area contributed by atoms with Crippen molar-refractivity contribution in [3.63, 3.8) is 0 Å². The van der Waals surface area contributed by atoms with Gasteiger partial charge < -0.3 is 10.2 Å². The molecule has 0 aliphatic rings. The average Bonchev–Trinajstić information content (AvgIpc) is 2.82. The van der Waals surface area contributed by atoms with Crippen molar-refractivity contribution < 1.29 is 22.9 Å². The topological polar surface area (TPSA) is 130 Å². The van der Waals surface area contributed by atoms with Crippen molar-refractivity contribution in [2.75, 3.05) is 17.1 Å². The van der Waals surface area contributed by atoms with Crippen LogP contribution in [0.25, 0.3) is 0 Å². The molecule has 0 radical (unpaired) electrons. The van der Waals surface area contributed by atoms with Gasteiger partial charge in [0.1, 0.15) is 12.6 Å². The molecule has 2 atom stereocenters. The summed E-state index contributed by atoms with van der Waals surface area (Å²) < 4.78 is 26.1. The molecule has 10 nitrogen and oxygen atoms in total. The number of nitrogens with one attached hydrogen (secondary N) is 1. The van der Waals surface area contributed by atoms with Crippen LogP contribution in [0.4, 0.5) is 11.4 Å². The molecule has 2 rings (SSSR count). The second-order valence-corrected chi connectivity index (χ2v) is 10.6. The summed E-state index contributed by atoms with van der Waals surface area (Å²) in [4.78, 5) is 38.8. The van der Waals surface area contributed by atoms with Crippen molar-refractivity contribution in [3.8, 4) is 0 Å². The number of hydrogen-bond acceptors (Lipinski definition) is 6. The van der Waals surface area contributed by atoms with Gasteiger partial charge >= 0.3 is 0 Å². The Morgan fingerprint density at radius 3 is 2.31 bits per heavy atom. The molecule has 1 N–H and O–H groups in total. The first-order valence-corrected chi connectivity index (χ1v) is 13.6. The molecule has 2 aromatic carbocycles. The van der Waals surface area contributed by atoms with Gasteiger partial charge in [0.25, 0.3) is 5.69 Å². The van der Waals surface area contributed by atoms with E-state index in [-0.39, 0.29) is 29.9 Å². The van der Waals surface area contributed by atoms with Gasteiger partial charge in [-0.25, -0.2) is 8.42 Å². The third kappa shape index (κ3) is 7.51. The number of non-ortho nitro benzene ring substituents is 1. The van der Waals surface area contributed by atoms with E-state index in [1.807, 2.05) is 45.0 Å². The predicted molar refractivity (Wildman–Crippen MR) is 139 cm³/mol. The third-order valence-corrected chi connectivity index (χ3v) is 7.14. The van der Waals surface area contributed by atoms with E-state index < -0.39 is 33.4 Å². The summed E-state index contributed by atoms with van der Waals surface area (Å²) in [6.07, 6.45) is 1.95. The quantitative estimate of drug-likeness (QED) is 0.339. The lowest BCUT2D eigenvalue weighted by atomic mass is 10.1. The number of amides is 2. The number of nitro groups is 1. The Kier molecular flexibility index (Phi) is 9.97. The van der Waals surface area contributed by atoms with Crippen LogP contribution in [0.1, 0.15) is 44.7 Å². The Hall–Kier alpha value is -3.47. The lowest BCUT2D eigenvalue weighted by Gasteiger charge is -2.33. The summed E-state index contributed by atoms with van der Waals surface area (Å²) in [6.45, 7) is 6.97. The zero-order chi connectivity index (χ0) is 27.0. The lowest BCUT2D eigenvalue weighted by Crippen LogP contribution is -2.53. The molecule has 36 heavy (non-hydrogen) atoms. The Balaban J connectivity index is 2.49. The van der Waals surface area contributed by atoms with Crippen LogP contribution >= 0.6 is 0 Å². The Labute approximate surface area is 212 Å². The summed E-state index contributed by atoms with van der Waals surface area (Å²) >= 11 is 0. The van der Waals surface area contributed by atoms with E-state index in [1.165, 1.54) is 23.1 Å². The number of nitrogens with zero attached hydrogens (tertiary/aromatic N) is 3. The smallest absolute Gasteiger partial charge is 0.271 e. The molecule has 2 aromatic rings. The summed E-state index contributed by atoms with van der Waals surface area (Å²) in [7, 11) is -3.98. The Bertz CT molecular complexity index is 1200. The van der Waals surface area contributed by atoms with E-state index in [9.17, 15) is 28.1 Å². The van der Waals surface area contributed by atoms with Gasteiger partial charge in [0.05, 0.1) is 16.9 Å². The van der Waals surface area contributed by atoms with Gasteiger partial charge in [0.2, 0.25) is 21.8 Å². The lowest BCUT2D eigenvalue weighted by molar-refractivity contribution is -0.384. The monoisotopic (exact) mass is 518 g/mol. The molecule has 11 heteroatoms. The van der Waals surface area contributed by atoms with Crippen LogP contribution in [-0.2, 0) is 26.2 Å². The van der Waals surface area contributed by atoms with E-state index >= 15 is 0 Å². The van der Waals surface area contributed by atoms with E-state index in [2.05, 4.69) is 5.32 Å². The van der Waals surface area contributed by atoms with Crippen molar-refractivity contribution >= 4 is 33.2 Å². The molecule has 196 valence electrons. The number of hydrogen-bond donors (Lipinski definition) is 1. The molecular weight excluding hydrogens is 484 g/mol. The highest BCUT2D eigenvalue weighted by Gasteiger charge is 2.32. The zero-order valence-electron chi connectivity index (χ0n) is 21.3. The molecular formula is C25H34N4O6S. The highest BCUT2D eigenvalue weighted by molar-refractivity contribution is 7.92. The molecule has 0 aliphatic carbocycles. The number of carbonyl (C=O) groups is 2. The Morgan fingerprint density at radius 2 is 1.75 bits per heavy atom. The number of anilines is 1. The molecule has 0 aromatic heterocycles. The molecule has 0 saturated heterocycles. The molecule has 0 heterocycles. The van der Waals surface area contributed by atoms with Crippen LogP contribution in [0.3, 0.4) is 0 Å². The van der Waals surface area contributed by atoms with Gasteiger partial charge in [0, 0.05) is 24.7 Å². The molecule has 2 unspecified atom stereocenters. The van der Waals surface area contributed by atoms with Crippen LogP contribution in [0.2, 0.25) is 0 Å². The fourth-order valence-electron chi connectivity index (χ4n) is 3.71. The second-order valence-electron chi connectivity index (χ2n) is 8.74. The summed E-state index contributed by atoms with van der Waals surface area (Å²) in [6, 6.07) is 11.6. The fourth-order valence-corrected chi connectivity index (χ4v) is 4.55. The summed E-state index contributed by atoms with van der Waals surface area (Å²) in [5.74, 6) is -0.920. The molecule has 0 fully saturated rings. The van der Waals surface area contributed by atoms with Gasteiger partial charge in [-0.1, -0.05) is 44.2 Å². The van der Waals surface area contributed by atoms with Crippen LogP contribution in [0.15, 0.2) is 48.5 Å². The van der Waals surface area contributed by atoms with Crippen molar-refractivity contribution in [1.82, 2.24) is 10.2 Å². The van der Waals surface area contributed by atoms with Gasteiger partial charge in [-0.3, -0.25) is 24.0 Å². The predicted octanol–water partition coefficient (Wildman–Crippen LogP) is 3.39. The van der Waals surface area contributed by atoms with Gasteiger partial charge in [-0.05, 0) is 43.9 Å². The van der Waals surface area contributed by atoms with Crippen LogP contribution in [0.5, 0.6) is 0 Å². The molecule has 0 spiro atoms. The highest BCUT2D eigenvalue weighted by atomic mass is 32.2. The number of rotatable bonds is 12. The number of aryl methyl sites for hydroxylation is 1. The highest BCUT2D eigenvalue weighted by Crippen LogP contribution is 2.24. The van der Waals surface area contributed by atoms with Crippen LogP contribution < -0.4 is 9.62 Å². The number of nitro benzene ring substituents is 1. The summed E-state index contributed by atoms with van der Waals surface area (Å²) in [5, 5.41) is 14.1. The normalized spacial score (nSPS) is 12.9. The van der Waals surface area contributed by atoms with Crippen molar-refractivity contribution in [3.05, 3.63) is 69.8 Å². The first kappa shape index (κ1) is 28.8. The Morgan fingerprint density at radius 1 is 1.08 bits per heavy atom. The fraction of sp³-hybridized carbons (Fsp3) is 0.440. The third-order valence-electron chi connectivity index (χ3n) is 6.00. The number of sulfonamides is 1. The van der Waals surface area contributed by atoms with Crippen molar-refractivity contribution in [2.45, 2.75) is 59.2 Å². The maximum Gasteiger partial charge on any atom is 0.271 e. The largest absolute Gasteiger partial charge is 0.352 e. The molecule has 0 aliphatic heterocycles. The average molecular weight is 519 g/mol. The van der Waals surface area contributed by atoms with Crippen LogP contribution in [0, 0.1) is 17.0 Å². The zero-order valence-corrected chi connectivity index (χ0v) is 22.1. The van der Waals surface area contributed by atoms with E-state index in [1.54, 1.807) is 6.92 Å². The van der Waals surface area contributed by atoms with E-state index in [0.29, 0.717) is 12.8 Å². The maximum atomic E-state index is 13.7. The minimum Gasteiger partial charge on any atom is -0.352 e. The van der Waals surface area contributed by atoms with Crippen LogP contribution in [-0.4, -0.2) is 54.9 Å². The maximum absolute atomic E-state index is 13.7. The minimum absolute atomic E-state index is 0.00648. The van der Waals surface area contributed by atoms with Gasteiger partial charge in [0.15, 0.2) is 0 Å². The standard InChI is InChI=1S/C25H34N4O6S/c1-6-19(4)26-25(31)23(7-2)27(16-20-12-9-8-11-18(20)3)24(30)17-28(36(5,34)35)21-13-10-14-22(15-21)29(32)33/h8-15,19,23H,6-7,16-17H2,1-5H3,(H,26,31). The van der Waals surface area contributed by atoms with Gasteiger partial charge in [-0.2, -0.15) is 0 Å². The minimum atomic E-state index is -3.98. The number of benzene rings is 2. The van der Waals surface area contributed by atoms with E-state index in [4.69, 9.17) is 0 Å². The summed E-state index contributed by atoms with van der Waals surface area (Å²) in [5.41, 5.74) is 1.44. The van der Waals surface area contributed by atoms with Crippen molar-refractivity contribution in [2.24, 2.45) is 0 Å². The van der Waals surface area contributed by atoms with Gasteiger partial charge in [-0.15, -0.1) is 0 Å². The SMILES string of the molecule is CCC(C)NC(=O)C(CC)N(Cc1ccccc1C)C(=O)CN(c1cccc([N+](=O)[O-])c1)S(C)(=O)=O. The second kappa shape index (κ2) is 12.5. The van der Waals surface area contributed by atoms with E-state index in [0.717, 1.165) is 27.8 Å². The van der Waals surface area contributed by atoms with Crippen molar-refractivity contribution in [1.29, 1.82) is 0 Å².